The molecule has 0 bridgehead atoms. The fourth-order valence-corrected chi connectivity index (χ4v) is 5.77. The molecule has 4 nitrogen and oxygen atoms in total. The molecule has 2 atom stereocenters. The summed E-state index contributed by atoms with van der Waals surface area (Å²) in [5.41, 5.74) is 5.91. The number of carbonyl (C=O) groups excluding carboxylic acids is 1. The van der Waals surface area contributed by atoms with Gasteiger partial charge in [0, 0.05) is 19.1 Å². The Labute approximate surface area is 212 Å². The summed E-state index contributed by atoms with van der Waals surface area (Å²) >= 11 is 0. The van der Waals surface area contributed by atoms with Crippen LogP contribution in [0, 0.1) is 5.92 Å². The molecule has 4 heteroatoms. The minimum Gasteiger partial charge on any atom is -0.468 e. The van der Waals surface area contributed by atoms with Crippen LogP contribution in [0.4, 0.5) is 0 Å². The average Bonchev–Trinajstić information content (AvgIpc) is 3.24. The third-order valence-corrected chi connectivity index (χ3v) is 7.35. The van der Waals surface area contributed by atoms with Gasteiger partial charge in [-0.25, -0.2) is 0 Å². The van der Waals surface area contributed by atoms with Gasteiger partial charge in [-0.2, -0.15) is 0 Å². The van der Waals surface area contributed by atoms with E-state index in [-0.39, 0.29) is 18.5 Å². The number of hydrogen-bond donors (Lipinski definition) is 1. The van der Waals surface area contributed by atoms with E-state index >= 15 is 0 Å². The standard InChI is InChI=1S/C32H31NO3/c1-23(22-34)30(31(35)36-2)33(21-24-13-5-3-6-14-24)32(25-15-7-4-8-16-25)28-19-11-9-17-26(28)27-18-10-12-20-29(27)32/h3-20,23,30,34H,21-22H2,1-2H3. The molecule has 36 heavy (non-hydrogen) atoms. The Morgan fingerprint density at radius 1 is 0.806 bits per heavy atom. The van der Waals surface area contributed by atoms with Gasteiger partial charge in [-0.1, -0.05) is 116 Å². The number of esters is 1. The Kier molecular flexibility index (Phi) is 6.73. The van der Waals surface area contributed by atoms with Crippen molar-refractivity contribution >= 4 is 5.97 Å². The van der Waals surface area contributed by atoms with Crippen molar-refractivity contribution in [2.24, 2.45) is 5.92 Å². The lowest BCUT2D eigenvalue weighted by Gasteiger charge is -2.48. The number of rotatable bonds is 8. The maximum atomic E-state index is 13.5. The fourth-order valence-electron chi connectivity index (χ4n) is 5.77. The van der Waals surface area contributed by atoms with Crippen molar-refractivity contribution < 1.29 is 14.6 Å². The molecule has 0 spiro atoms. The molecule has 0 fully saturated rings. The van der Waals surface area contributed by atoms with Crippen molar-refractivity contribution in [2.75, 3.05) is 13.7 Å². The lowest BCUT2D eigenvalue weighted by atomic mass is 9.76. The molecule has 1 aliphatic carbocycles. The molecule has 0 radical (unpaired) electrons. The number of hydrogen-bond acceptors (Lipinski definition) is 4. The zero-order valence-electron chi connectivity index (χ0n) is 20.7. The molecule has 1 N–H and O–H groups in total. The summed E-state index contributed by atoms with van der Waals surface area (Å²) in [6.45, 7) is 2.26. The number of nitrogens with zero attached hydrogens (tertiary/aromatic N) is 1. The third-order valence-electron chi connectivity index (χ3n) is 7.35. The van der Waals surface area contributed by atoms with E-state index in [2.05, 4.69) is 77.7 Å². The normalized spacial score (nSPS) is 15.1. The molecule has 0 aromatic heterocycles. The van der Waals surface area contributed by atoms with Crippen LogP contribution < -0.4 is 0 Å². The van der Waals surface area contributed by atoms with Crippen LogP contribution in [0.15, 0.2) is 109 Å². The quantitative estimate of drug-likeness (QED) is 0.334. The SMILES string of the molecule is COC(=O)C(C(C)CO)N(Cc1ccccc1)C1(c2ccccc2)c2ccccc2-c2ccccc21. The van der Waals surface area contributed by atoms with Gasteiger partial charge in [0.15, 0.2) is 0 Å². The van der Waals surface area contributed by atoms with Crippen molar-refractivity contribution in [1.82, 2.24) is 4.90 Å². The van der Waals surface area contributed by atoms with Crippen LogP contribution in [0.1, 0.15) is 29.2 Å². The Bertz CT molecular complexity index is 1290. The Morgan fingerprint density at radius 2 is 1.31 bits per heavy atom. The topological polar surface area (TPSA) is 49.8 Å². The lowest BCUT2D eigenvalue weighted by molar-refractivity contribution is -0.152. The molecule has 0 heterocycles. The zero-order valence-corrected chi connectivity index (χ0v) is 20.7. The van der Waals surface area contributed by atoms with E-state index in [0.717, 1.165) is 33.4 Å². The van der Waals surface area contributed by atoms with Gasteiger partial charge in [0.2, 0.25) is 0 Å². The summed E-state index contributed by atoms with van der Waals surface area (Å²) in [7, 11) is 1.42. The highest BCUT2D eigenvalue weighted by atomic mass is 16.5. The highest BCUT2D eigenvalue weighted by Crippen LogP contribution is 2.55. The second-order valence-electron chi connectivity index (χ2n) is 9.41. The van der Waals surface area contributed by atoms with Crippen LogP contribution >= 0.6 is 0 Å². The highest BCUT2D eigenvalue weighted by molar-refractivity contribution is 5.84. The van der Waals surface area contributed by atoms with E-state index in [1.165, 1.54) is 7.11 Å². The minimum atomic E-state index is -0.771. The van der Waals surface area contributed by atoms with E-state index in [1.54, 1.807) is 0 Å². The average molecular weight is 478 g/mol. The van der Waals surface area contributed by atoms with Gasteiger partial charge in [0.25, 0.3) is 0 Å². The largest absolute Gasteiger partial charge is 0.468 e. The first-order valence-electron chi connectivity index (χ1n) is 12.4. The van der Waals surface area contributed by atoms with Crippen LogP contribution in [0.3, 0.4) is 0 Å². The number of fused-ring (bicyclic) bond motifs is 3. The van der Waals surface area contributed by atoms with Crippen molar-refractivity contribution in [3.05, 3.63) is 131 Å². The summed E-state index contributed by atoms with van der Waals surface area (Å²) in [5, 5.41) is 10.3. The van der Waals surface area contributed by atoms with Crippen LogP contribution in [0.2, 0.25) is 0 Å². The Balaban J connectivity index is 1.89. The number of ether oxygens (including phenoxy) is 1. The maximum Gasteiger partial charge on any atom is 0.323 e. The van der Waals surface area contributed by atoms with Crippen LogP contribution in [-0.4, -0.2) is 35.7 Å². The Hall–Kier alpha value is -3.73. The second kappa shape index (κ2) is 10.1. The monoisotopic (exact) mass is 477 g/mol. The third kappa shape index (κ3) is 3.83. The number of benzene rings is 4. The number of methoxy groups -OCH3 is 1. The number of carbonyl (C=O) groups is 1. The summed E-state index contributed by atoms with van der Waals surface area (Å²) < 4.78 is 5.38. The van der Waals surface area contributed by atoms with Gasteiger partial charge in [-0.15, -0.1) is 0 Å². The molecule has 5 rings (SSSR count). The van der Waals surface area contributed by atoms with Gasteiger partial charge < -0.3 is 9.84 Å². The predicted octanol–water partition coefficient (Wildman–Crippen LogP) is 5.63. The van der Waals surface area contributed by atoms with E-state index in [0.29, 0.717) is 6.54 Å². The molecule has 0 amide bonds. The summed E-state index contributed by atoms with van der Waals surface area (Å²) in [5.74, 6) is -0.716. The molecule has 4 aromatic rings. The summed E-state index contributed by atoms with van der Waals surface area (Å²) in [6, 6.07) is 36.7. The molecule has 0 saturated carbocycles. The number of aliphatic hydroxyl groups is 1. The number of aliphatic hydroxyl groups excluding tert-OH is 1. The van der Waals surface area contributed by atoms with Gasteiger partial charge in [-0.05, 0) is 33.4 Å². The summed E-state index contributed by atoms with van der Waals surface area (Å²) in [6.07, 6.45) is 0. The molecule has 4 aromatic carbocycles. The van der Waals surface area contributed by atoms with Gasteiger partial charge in [0.05, 0.1) is 12.6 Å². The fraction of sp³-hybridized carbons (Fsp3) is 0.219. The van der Waals surface area contributed by atoms with Crippen molar-refractivity contribution in [3.63, 3.8) is 0 Å². The van der Waals surface area contributed by atoms with Gasteiger partial charge in [0.1, 0.15) is 6.04 Å². The van der Waals surface area contributed by atoms with Crippen molar-refractivity contribution in [1.29, 1.82) is 0 Å². The molecule has 0 saturated heterocycles. The van der Waals surface area contributed by atoms with E-state index < -0.39 is 11.6 Å². The van der Waals surface area contributed by atoms with Crippen LogP contribution in [-0.2, 0) is 21.6 Å². The highest BCUT2D eigenvalue weighted by Gasteiger charge is 2.53. The van der Waals surface area contributed by atoms with Gasteiger partial charge in [-0.3, -0.25) is 9.69 Å². The van der Waals surface area contributed by atoms with Crippen molar-refractivity contribution in [3.8, 4) is 11.1 Å². The predicted molar refractivity (Wildman–Crippen MR) is 142 cm³/mol. The smallest absolute Gasteiger partial charge is 0.323 e. The first-order valence-corrected chi connectivity index (χ1v) is 12.4. The summed E-state index contributed by atoms with van der Waals surface area (Å²) in [4.78, 5) is 15.8. The molecule has 1 aliphatic rings. The molecule has 182 valence electrons. The zero-order chi connectivity index (χ0) is 25.1. The first kappa shape index (κ1) is 24.0. The molecule has 2 unspecified atom stereocenters. The lowest BCUT2D eigenvalue weighted by Crippen LogP contribution is -2.57. The minimum absolute atomic E-state index is 0.140. The molecular formula is C32H31NO3. The van der Waals surface area contributed by atoms with Crippen molar-refractivity contribution in [2.45, 2.75) is 25.0 Å². The first-order chi connectivity index (χ1) is 17.6. The van der Waals surface area contributed by atoms with Crippen LogP contribution in [0.5, 0.6) is 0 Å². The van der Waals surface area contributed by atoms with E-state index in [1.807, 2.05) is 43.3 Å². The molecular weight excluding hydrogens is 446 g/mol. The molecule has 0 aliphatic heterocycles. The second-order valence-corrected chi connectivity index (χ2v) is 9.41. The van der Waals surface area contributed by atoms with Crippen LogP contribution in [0.25, 0.3) is 11.1 Å². The maximum absolute atomic E-state index is 13.5. The van der Waals surface area contributed by atoms with Gasteiger partial charge >= 0.3 is 5.97 Å². The van der Waals surface area contributed by atoms with E-state index in [9.17, 15) is 9.90 Å². The Morgan fingerprint density at radius 3 is 1.83 bits per heavy atom. The van der Waals surface area contributed by atoms with E-state index in [4.69, 9.17) is 4.74 Å².